The number of hydrogen-bond acceptors (Lipinski definition) is 0. The van der Waals surface area contributed by atoms with E-state index in [0.717, 1.165) is 17.8 Å². The lowest BCUT2D eigenvalue weighted by Crippen LogP contribution is -2.07. The van der Waals surface area contributed by atoms with Crippen LogP contribution in [0.2, 0.25) is 0 Å². The third kappa shape index (κ3) is 6.69. The molecule has 0 amide bonds. The van der Waals surface area contributed by atoms with Gasteiger partial charge in [0.2, 0.25) is 0 Å². The van der Waals surface area contributed by atoms with Crippen molar-refractivity contribution in [1.29, 1.82) is 0 Å². The van der Waals surface area contributed by atoms with Crippen LogP contribution in [0.1, 0.15) is 60.3 Å². The van der Waals surface area contributed by atoms with Crippen LogP contribution in [0.4, 0.5) is 0 Å². The number of rotatable bonds is 6. The summed E-state index contributed by atoms with van der Waals surface area (Å²) >= 11 is 0. The highest BCUT2D eigenvalue weighted by molar-refractivity contribution is 4.63. The first-order valence-corrected chi connectivity index (χ1v) is 5.56. The lowest BCUT2D eigenvalue weighted by Gasteiger charge is -2.20. The first kappa shape index (κ1) is 12.0. The summed E-state index contributed by atoms with van der Waals surface area (Å²) in [5.41, 5.74) is 0. The van der Waals surface area contributed by atoms with Gasteiger partial charge >= 0.3 is 0 Å². The van der Waals surface area contributed by atoms with E-state index in [0.29, 0.717) is 0 Å². The number of hydrogen-bond donors (Lipinski definition) is 0. The van der Waals surface area contributed by atoms with E-state index in [9.17, 15) is 0 Å². The molecule has 0 aliphatic heterocycles. The highest BCUT2D eigenvalue weighted by Crippen LogP contribution is 2.23. The Morgan fingerprint density at radius 2 is 1.25 bits per heavy atom. The Labute approximate surface area is 78.8 Å². The SMILES string of the molecule is CCCC(CC(C)C)CC(C)C. The van der Waals surface area contributed by atoms with E-state index in [1.165, 1.54) is 25.7 Å². The zero-order valence-electron chi connectivity index (χ0n) is 9.56. The third-order valence-electron chi connectivity index (χ3n) is 2.31. The van der Waals surface area contributed by atoms with Crippen molar-refractivity contribution >= 4 is 0 Å². The van der Waals surface area contributed by atoms with Crippen molar-refractivity contribution in [2.45, 2.75) is 60.3 Å². The summed E-state index contributed by atoms with van der Waals surface area (Å²) in [6, 6.07) is 0. The van der Waals surface area contributed by atoms with Gasteiger partial charge in [-0.25, -0.2) is 0 Å². The molecule has 0 bridgehead atoms. The molecule has 0 N–H and O–H groups in total. The summed E-state index contributed by atoms with van der Waals surface area (Å²) in [7, 11) is 0. The molecule has 0 aromatic heterocycles. The Kier molecular flexibility index (Phi) is 6.51. The van der Waals surface area contributed by atoms with E-state index < -0.39 is 0 Å². The Morgan fingerprint density at radius 1 is 0.833 bits per heavy atom. The molecule has 0 aliphatic carbocycles. The molecule has 0 fully saturated rings. The quantitative estimate of drug-likeness (QED) is 0.551. The maximum atomic E-state index is 2.34. The van der Waals surface area contributed by atoms with Crippen molar-refractivity contribution in [3.63, 3.8) is 0 Å². The minimum Gasteiger partial charge on any atom is -0.0654 e. The van der Waals surface area contributed by atoms with Gasteiger partial charge in [-0.15, -0.1) is 0 Å². The molecule has 12 heavy (non-hydrogen) atoms. The molecule has 0 aromatic rings. The summed E-state index contributed by atoms with van der Waals surface area (Å²) in [5.74, 6) is 2.73. The van der Waals surface area contributed by atoms with Crippen molar-refractivity contribution in [2.24, 2.45) is 17.8 Å². The molecule has 0 atom stereocenters. The molecule has 0 saturated heterocycles. The van der Waals surface area contributed by atoms with Crippen LogP contribution in [0, 0.1) is 17.8 Å². The minimum absolute atomic E-state index is 0.875. The predicted molar refractivity (Wildman–Crippen MR) is 57.3 cm³/mol. The Hall–Kier alpha value is 0. The molecule has 0 aromatic carbocycles. The van der Waals surface area contributed by atoms with E-state index in [4.69, 9.17) is 0 Å². The van der Waals surface area contributed by atoms with E-state index in [1.54, 1.807) is 0 Å². The van der Waals surface area contributed by atoms with Crippen LogP contribution < -0.4 is 0 Å². The van der Waals surface area contributed by atoms with Crippen LogP contribution in [-0.4, -0.2) is 0 Å². The zero-order chi connectivity index (χ0) is 9.56. The summed E-state index contributed by atoms with van der Waals surface area (Å²) in [6.45, 7) is 11.6. The van der Waals surface area contributed by atoms with Gasteiger partial charge in [0.25, 0.3) is 0 Å². The van der Waals surface area contributed by atoms with Crippen LogP contribution in [0.5, 0.6) is 0 Å². The normalized spacial score (nSPS) is 12.0. The smallest absolute Gasteiger partial charge is 0.0410 e. The fourth-order valence-electron chi connectivity index (χ4n) is 2.07. The second-order valence-corrected chi connectivity index (χ2v) is 4.91. The van der Waals surface area contributed by atoms with Crippen LogP contribution in [0.3, 0.4) is 0 Å². The van der Waals surface area contributed by atoms with Crippen LogP contribution in [0.15, 0.2) is 0 Å². The maximum Gasteiger partial charge on any atom is -0.0410 e. The molecule has 0 rings (SSSR count). The van der Waals surface area contributed by atoms with Crippen LogP contribution in [0.25, 0.3) is 0 Å². The zero-order valence-corrected chi connectivity index (χ0v) is 9.56. The molecule has 0 heterocycles. The topological polar surface area (TPSA) is 0 Å². The first-order valence-electron chi connectivity index (χ1n) is 5.56. The van der Waals surface area contributed by atoms with Crippen LogP contribution in [-0.2, 0) is 0 Å². The van der Waals surface area contributed by atoms with Crippen molar-refractivity contribution in [1.82, 2.24) is 0 Å². The summed E-state index contributed by atoms with van der Waals surface area (Å²) in [5, 5.41) is 0. The van der Waals surface area contributed by atoms with Crippen molar-refractivity contribution in [2.75, 3.05) is 0 Å². The molecular formula is C12H26. The van der Waals surface area contributed by atoms with E-state index in [1.807, 2.05) is 0 Å². The third-order valence-corrected chi connectivity index (χ3v) is 2.31. The van der Waals surface area contributed by atoms with Gasteiger partial charge in [0, 0.05) is 0 Å². The average Bonchev–Trinajstić information content (AvgIpc) is 1.84. The summed E-state index contributed by atoms with van der Waals surface area (Å²) < 4.78 is 0. The molecule has 0 radical (unpaired) electrons. The fraction of sp³-hybridized carbons (Fsp3) is 1.00. The van der Waals surface area contributed by atoms with Gasteiger partial charge < -0.3 is 0 Å². The van der Waals surface area contributed by atoms with Gasteiger partial charge in [-0.1, -0.05) is 47.5 Å². The highest BCUT2D eigenvalue weighted by Gasteiger charge is 2.11. The summed E-state index contributed by atoms with van der Waals surface area (Å²) in [6.07, 6.45) is 5.62. The van der Waals surface area contributed by atoms with Crippen molar-refractivity contribution in [3.05, 3.63) is 0 Å². The lowest BCUT2D eigenvalue weighted by molar-refractivity contribution is 0.323. The van der Waals surface area contributed by atoms with E-state index >= 15 is 0 Å². The fourth-order valence-corrected chi connectivity index (χ4v) is 2.07. The second-order valence-electron chi connectivity index (χ2n) is 4.91. The second kappa shape index (κ2) is 6.51. The summed E-state index contributed by atoms with van der Waals surface area (Å²) in [4.78, 5) is 0. The molecule has 0 aliphatic rings. The molecule has 0 unspecified atom stereocenters. The maximum absolute atomic E-state index is 2.34. The largest absolute Gasteiger partial charge is 0.0654 e. The van der Waals surface area contributed by atoms with Gasteiger partial charge in [-0.2, -0.15) is 0 Å². The first-order chi connectivity index (χ1) is 5.56. The van der Waals surface area contributed by atoms with E-state index in [-0.39, 0.29) is 0 Å². The van der Waals surface area contributed by atoms with Crippen molar-refractivity contribution in [3.8, 4) is 0 Å². The average molecular weight is 170 g/mol. The van der Waals surface area contributed by atoms with Gasteiger partial charge in [0.15, 0.2) is 0 Å². The van der Waals surface area contributed by atoms with Gasteiger partial charge in [0.1, 0.15) is 0 Å². The minimum atomic E-state index is 0.875. The van der Waals surface area contributed by atoms with Gasteiger partial charge in [-0.3, -0.25) is 0 Å². The van der Waals surface area contributed by atoms with E-state index in [2.05, 4.69) is 34.6 Å². The Morgan fingerprint density at radius 3 is 1.50 bits per heavy atom. The Bertz CT molecular complexity index is 82.2. The molecular weight excluding hydrogens is 144 g/mol. The lowest BCUT2D eigenvalue weighted by atomic mass is 9.86. The highest BCUT2D eigenvalue weighted by atomic mass is 14.2. The van der Waals surface area contributed by atoms with Crippen molar-refractivity contribution < 1.29 is 0 Å². The van der Waals surface area contributed by atoms with Gasteiger partial charge in [-0.05, 0) is 30.6 Å². The standard InChI is InChI=1S/C12H26/c1-6-7-12(8-10(2)3)9-11(4)5/h10-12H,6-9H2,1-5H3. The molecule has 74 valence electrons. The van der Waals surface area contributed by atoms with Gasteiger partial charge in [0.05, 0.1) is 0 Å². The Balaban J connectivity index is 3.69. The predicted octanol–water partition coefficient (Wildman–Crippen LogP) is 4.49. The monoisotopic (exact) mass is 170 g/mol. The van der Waals surface area contributed by atoms with Crippen LogP contribution >= 0.6 is 0 Å². The molecule has 0 saturated carbocycles. The molecule has 0 heteroatoms. The molecule has 0 spiro atoms. The molecule has 0 nitrogen and oxygen atoms in total.